The van der Waals surface area contributed by atoms with E-state index in [9.17, 15) is 36.4 Å². The second kappa shape index (κ2) is 10.1. The average molecular weight is 560 g/mol. The topological polar surface area (TPSA) is 142 Å². The quantitative estimate of drug-likeness (QED) is 0.362. The van der Waals surface area contributed by atoms with E-state index in [1.54, 1.807) is 6.07 Å². The number of aromatic nitrogens is 2. The van der Waals surface area contributed by atoms with E-state index in [0.717, 1.165) is 6.92 Å². The van der Waals surface area contributed by atoms with E-state index in [2.05, 4.69) is 19.5 Å². The molecule has 0 atom stereocenters. The number of anilines is 2. The summed E-state index contributed by atoms with van der Waals surface area (Å²) in [6, 6.07) is 8.53. The van der Waals surface area contributed by atoms with Gasteiger partial charge in [0, 0.05) is 18.7 Å². The molecule has 0 spiro atoms. The van der Waals surface area contributed by atoms with Crippen LogP contribution in [0.5, 0.6) is 0 Å². The molecule has 1 amide bonds. The Morgan fingerprint density at radius 2 is 1.94 bits per heavy atom. The number of rotatable bonds is 5. The van der Waals surface area contributed by atoms with Crippen molar-refractivity contribution in [1.82, 2.24) is 9.97 Å². The average Bonchev–Trinajstić information content (AvgIpc) is 3.18. The van der Waals surface area contributed by atoms with Gasteiger partial charge in [0.1, 0.15) is 11.0 Å². The molecule has 10 nitrogen and oxygen atoms in total. The molecular formula is C20H13ClF3N5O5S2. The smallest absolute Gasteiger partial charge is 0.322 e. The largest absolute Gasteiger partial charge is 0.493 e. The van der Waals surface area contributed by atoms with Gasteiger partial charge in [-0.15, -0.1) is 5.06 Å². The second-order valence-electron chi connectivity index (χ2n) is 6.88. The highest BCUT2D eigenvalue weighted by molar-refractivity contribution is 7.92. The van der Waals surface area contributed by atoms with Crippen molar-refractivity contribution in [1.29, 1.82) is 5.26 Å². The Morgan fingerprint density at radius 3 is 2.56 bits per heavy atom. The summed E-state index contributed by atoms with van der Waals surface area (Å²) in [7, 11) is -4.26. The van der Waals surface area contributed by atoms with Crippen molar-refractivity contribution in [2.45, 2.75) is 24.9 Å². The zero-order chi connectivity index (χ0) is 26.8. The molecule has 2 heterocycles. The van der Waals surface area contributed by atoms with Gasteiger partial charge in [-0.05, 0) is 25.1 Å². The number of benzene rings is 1. The van der Waals surface area contributed by atoms with Gasteiger partial charge >= 0.3 is 12.1 Å². The first kappa shape index (κ1) is 26.9. The predicted molar refractivity (Wildman–Crippen MR) is 122 cm³/mol. The van der Waals surface area contributed by atoms with E-state index in [1.165, 1.54) is 43.5 Å². The number of alkyl halides is 3. The third-order valence-corrected chi connectivity index (χ3v) is 7.19. The third-order valence-electron chi connectivity index (χ3n) is 4.29. The van der Waals surface area contributed by atoms with E-state index in [1.807, 2.05) is 0 Å². The highest BCUT2D eigenvalue weighted by Crippen LogP contribution is 2.37. The van der Waals surface area contributed by atoms with Crippen LogP contribution >= 0.6 is 22.9 Å². The molecule has 0 unspecified atom stereocenters. The number of halogens is 4. The van der Waals surface area contributed by atoms with Gasteiger partial charge in [-0.3, -0.25) is 9.52 Å². The van der Waals surface area contributed by atoms with Crippen LogP contribution in [0, 0.1) is 18.3 Å². The Hall–Kier alpha value is -3.74. The van der Waals surface area contributed by atoms with E-state index in [4.69, 9.17) is 11.6 Å². The molecule has 0 saturated carbocycles. The summed E-state index contributed by atoms with van der Waals surface area (Å²) < 4.78 is 65.8. The molecular weight excluding hydrogens is 547 g/mol. The van der Waals surface area contributed by atoms with Crippen LogP contribution in [-0.4, -0.2) is 36.4 Å². The SMILES string of the molecule is CC(=O)N(OC(=O)C(F)(F)F)c1nc(C)c(-c2cnc(Cl)c(NS(=O)(=O)c3ccccc3C#N)c2)s1. The lowest BCUT2D eigenvalue weighted by molar-refractivity contribution is -0.201. The number of aryl methyl sites for hydroxylation is 1. The lowest BCUT2D eigenvalue weighted by atomic mass is 10.2. The Kier molecular flexibility index (Phi) is 7.53. The van der Waals surface area contributed by atoms with Gasteiger partial charge in [0.15, 0.2) is 5.15 Å². The molecule has 0 aliphatic carbocycles. The number of hydroxylamine groups is 1. The van der Waals surface area contributed by atoms with Crippen LogP contribution in [0.2, 0.25) is 5.15 Å². The van der Waals surface area contributed by atoms with Crippen LogP contribution in [0.4, 0.5) is 24.0 Å². The maximum absolute atomic E-state index is 12.9. The van der Waals surface area contributed by atoms with Crippen LogP contribution < -0.4 is 9.79 Å². The van der Waals surface area contributed by atoms with Crippen LogP contribution in [0.1, 0.15) is 18.2 Å². The monoisotopic (exact) mass is 559 g/mol. The molecule has 0 fully saturated rings. The summed E-state index contributed by atoms with van der Waals surface area (Å²) in [5.41, 5.74) is 0.170. The summed E-state index contributed by atoms with van der Waals surface area (Å²) in [4.78, 5) is 35.1. The summed E-state index contributed by atoms with van der Waals surface area (Å²) in [5, 5.41) is 8.69. The van der Waals surface area contributed by atoms with Crippen molar-refractivity contribution in [3.05, 3.63) is 52.9 Å². The van der Waals surface area contributed by atoms with Crippen LogP contribution in [0.25, 0.3) is 10.4 Å². The van der Waals surface area contributed by atoms with Gasteiger partial charge in [0.05, 0.1) is 21.8 Å². The molecule has 36 heavy (non-hydrogen) atoms. The number of hydrogen-bond donors (Lipinski definition) is 1. The normalized spacial score (nSPS) is 11.5. The van der Waals surface area contributed by atoms with Crippen molar-refractivity contribution in [3.63, 3.8) is 0 Å². The molecule has 188 valence electrons. The van der Waals surface area contributed by atoms with Crippen molar-refractivity contribution in [2.24, 2.45) is 0 Å². The Morgan fingerprint density at radius 1 is 1.28 bits per heavy atom. The minimum absolute atomic E-state index is 0.1000. The summed E-state index contributed by atoms with van der Waals surface area (Å²) in [6.45, 7) is 2.33. The highest BCUT2D eigenvalue weighted by atomic mass is 35.5. The van der Waals surface area contributed by atoms with Crippen LogP contribution in [0.15, 0.2) is 41.4 Å². The molecule has 0 bridgehead atoms. The number of sulfonamides is 1. The van der Waals surface area contributed by atoms with Crippen LogP contribution in [0.3, 0.4) is 0 Å². The highest BCUT2D eigenvalue weighted by Gasteiger charge is 2.44. The van der Waals surface area contributed by atoms with Gasteiger partial charge < -0.3 is 4.84 Å². The summed E-state index contributed by atoms with van der Waals surface area (Å²) in [6.07, 6.45) is -4.10. The zero-order valence-corrected chi connectivity index (χ0v) is 20.5. The minimum atomic E-state index is -5.35. The van der Waals surface area contributed by atoms with E-state index in [0.29, 0.717) is 11.3 Å². The van der Waals surface area contributed by atoms with Gasteiger partial charge in [-0.1, -0.05) is 35.1 Å². The predicted octanol–water partition coefficient (Wildman–Crippen LogP) is 4.21. The maximum atomic E-state index is 12.9. The number of nitrogens with zero attached hydrogens (tertiary/aromatic N) is 4. The number of pyridine rings is 1. The fourth-order valence-electron chi connectivity index (χ4n) is 2.75. The summed E-state index contributed by atoms with van der Waals surface area (Å²) >= 11 is 6.74. The molecule has 0 saturated heterocycles. The van der Waals surface area contributed by atoms with Crippen LogP contribution in [-0.2, 0) is 24.4 Å². The molecule has 1 aromatic carbocycles. The number of amides is 1. The molecule has 3 aromatic rings. The Labute approximate surface area is 210 Å². The molecule has 0 aliphatic rings. The number of carbonyl (C=O) groups is 2. The van der Waals surface area contributed by atoms with E-state index < -0.39 is 28.1 Å². The van der Waals surface area contributed by atoms with E-state index in [-0.39, 0.29) is 47.6 Å². The Balaban J connectivity index is 1.98. The first-order chi connectivity index (χ1) is 16.7. The number of hydrogen-bond acceptors (Lipinski definition) is 9. The first-order valence-electron chi connectivity index (χ1n) is 9.49. The molecule has 3 rings (SSSR count). The first-order valence-corrected chi connectivity index (χ1v) is 12.2. The number of carbonyl (C=O) groups excluding carboxylic acids is 2. The molecule has 2 aromatic heterocycles. The van der Waals surface area contributed by atoms with Crippen molar-refractivity contribution >= 4 is 55.7 Å². The number of nitrogens with one attached hydrogen (secondary N) is 1. The van der Waals surface area contributed by atoms with Gasteiger partial charge in [0.25, 0.3) is 15.9 Å². The second-order valence-corrected chi connectivity index (χ2v) is 9.86. The van der Waals surface area contributed by atoms with Crippen molar-refractivity contribution < 1.29 is 36.0 Å². The lowest BCUT2D eigenvalue weighted by Crippen LogP contribution is -2.37. The molecule has 1 N–H and O–H groups in total. The standard InChI is InChI=1S/C20H13ClF3N5O5S2/c1-10-16(35-19(27-10)29(11(2)30)34-18(31)20(22,23)24)13-7-14(17(21)26-9-13)28-36(32,33)15-6-4-3-5-12(15)8-25/h3-7,9,28H,1-2H3. The third kappa shape index (κ3) is 5.73. The van der Waals surface area contributed by atoms with Crippen molar-refractivity contribution in [2.75, 3.05) is 9.79 Å². The lowest BCUT2D eigenvalue weighted by Gasteiger charge is -2.17. The van der Waals surface area contributed by atoms with Gasteiger partial charge in [-0.25, -0.2) is 23.2 Å². The van der Waals surface area contributed by atoms with Gasteiger partial charge in [-0.2, -0.15) is 18.4 Å². The molecule has 0 aliphatic heterocycles. The van der Waals surface area contributed by atoms with E-state index >= 15 is 0 Å². The zero-order valence-electron chi connectivity index (χ0n) is 18.1. The molecule has 0 radical (unpaired) electrons. The fourth-order valence-corrected chi connectivity index (χ4v) is 5.21. The van der Waals surface area contributed by atoms with Gasteiger partial charge in [0.2, 0.25) is 5.13 Å². The molecule has 16 heteroatoms. The Bertz CT molecular complexity index is 1500. The number of nitriles is 1. The maximum Gasteiger partial charge on any atom is 0.493 e. The number of thiazole rings is 1. The van der Waals surface area contributed by atoms with Crippen molar-refractivity contribution in [3.8, 4) is 16.5 Å². The summed E-state index contributed by atoms with van der Waals surface area (Å²) in [5.74, 6) is -3.67. The minimum Gasteiger partial charge on any atom is -0.322 e. The fraction of sp³-hybridized carbons (Fsp3) is 0.150.